The summed E-state index contributed by atoms with van der Waals surface area (Å²) in [5.41, 5.74) is 1.17. The number of ether oxygens (including phenoxy) is 2. The van der Waals surface area contributed by atoms with E-state index in [1.54, 1.807) is 24.3 Å². The van der Waals surface area contributed by atoms with Crippen LogP contribution in [-0.4, -0.2) is 38.1 Å². The molecule has 22 heavy (non-hydrogen) atoms. The molecule has 1 aromatic carbocycles. The minimum absolute atomic E-state index is 0.00172. The molecule has 6 nitrogen and oxygen atoms in total. The zero-order chi connectivity index (χ0) is 16.5. The Kier molecular flexibility index (Phi) is 7.39. The Labute approximate surface area is 133 Å². The molecule has 1 aromatic rings. The zero-order valence-electron chi connectivity index (χ0n) is 12.4. The van der Waals surface area contributed by atoms with Crippen LogP contribution in [0.1, 0.15) is 28.8 Å². The SMILES string of the molecule is COC(=O)CC[C@@H](NC(=O)c1cccc(CCl)c1)C(=O)OC. The molecule has 1 amide bonds. The third-order valence-corrected chi connectivity index (χ3v) is 3.31. The summed E-state index contributed by atoms with van der Waals surface area (Å²) in [7, 11) is 2.47. The Bertz CT molecular complexity index is 546. The molecule has 1 rings (SSSR count). The first kappa shape index (κ1) is 18.0. The summed E-state index contributed by atoms with van der Waals surface area (Å²) < 4.78 is 9.15. The fraction of sp³-hybridized carbons (Fsp3) is 0.400. The largest absolute Gasteiger partial charge is 0.469 e. The lowest BCUT2D eigenvalue weighted by Crippen LogP contribution is -2.41. The standard InChI is InChI=1S/C15H18ClNO5/c1-21-13(18)7-6-12(15(20)22-2)17-14(19)11-5-3-4-10(8-11)9-16/h3-5,8,12H,6-7,9H2,1-2H3,(H,17,19)/t12-/m1/s1. The van der Waals surface area contributed by atoms with Crippen LogP contribution >= 0.6 is 11.6 Å². The number of benzene rings is 1. The molecule has 0 unspecified atom stereocenters. The molecule has 0 spiro atoms. The fourth-order valence-electron chi connectivity index (χ4n) is 1.79. The number of nitrogens with one attached hydrogen (secondary N) is 1. The maximum Gasteiger partial charge on any atom is 0.328 e. The summed E-state index contributed by atoms with van der Waals surface area (Å²) in [5, 5.41) is 2.55. The van der Waals surface area contributed by atoms with E-state index in [-0.39, 0.29) is 18.7 Å². The molecule has 0 aromatic heterocycles. The maximum atomic E-state index is 12.2. The highest BCUT2D eigenvalue weighted by atomic mass is 35.5. The monoisotopic (exact) mass is 327 g/mol. The highest BCUT2D eigenvalue weighted by Gasteiger charge is 2.23. The van der Waals surface area contributed by atoms with Crippen molar-refractivity contribution in [3.8, 4) is 0 Å². The van der Waals surface area contributed by atoms with Gasteiger partial charge in [0.05, 0.1) is 14.2 Å². The molecule has 0 fully saturated rings. The Morgan fingerprint density at radius 1 is 1.23 bits per heavy atom. The lowest BCUT2D eigenvalue weighted by molar-refractivity contribution is -0.144. The van der Waals surface area contributed by atoms with E-state index in [0.29, 0.717) is 5.56 Å². The van der Waals surface area contributed by atoms with Crippen molar-refractivity contribution in [2.75, 3.05) is 14.2 Å². The molecule has 1 N–H and O–H groups in total. The summed E-state index contributed by atoms with van der Waals surface area (Å²) in [6.45, 7) is 0. The average molecular weight is 328 g/mol. The first-order chi connectivity index (χ1) is 10.5. The molecular weight excluding hydrogens is 310 g/mol. The number of hydrogen-bond acceptors (Lipinski definition) is 5. The number of rotatable bonds is 7. The number of carbonyl (C=O) groups excluding carboxylic acids is 3. The van der Waals surface area contributed by atoms with E-state index >= 15 is 0 Å². The summed E-state index contributed by atoms with van der Waals surface area (Å²) in [6, 6.07) is 5.82. The lowest BCUT2D eigenvalue weighted by Gasteiger charge is -2.16. The smallest absolute Gasteiger partial charge is 0.328 e. The van der Waals surface area contributed by atoms with Gasteiger partial charge in [-0.3, -0.25) is 9.59 Å². The first-order valence-corrected chi connectivity index (χ1v) is 7.15. The average Bonchev–Trinajstić information content (AvgIpc) is 2.57. The van der Waals surface area contributed by atoms with Gasteiger partial charge in [-0.05, 0) is 24.1 Å². The molecule has 0 radical (unpaired) electrons. The van der Waals surface area contributed by atoms with Crippen LogP contribution in [0.4, 0.5) is 0 Å². The second-order valence-electron chi connectivity index (χ2n) is 4.50. The molecule has 1 atom stereocenters. The fourth-order valence-corrected chi connectivity index (χ4v) is 1.96. The molecule has 0 aliphatic carbocycles. The second kappa shape index (κ2) is 9.04. The van der Waals surface area contributed by atoms with Crippen LogP contribution in [0.2, 0.25) is 0 Å². The van der Waals surface area contributed by atoms with Gasteiger partial charge in [0.15, 0.2) is 0 Å². The van der Waals surface area contributed by atoms with Crippen LogP contribution in [0.3, 0.4) is 0 Å². The van der Waals surface area contributed by atoms with Crippen molar-refractivity contribution >= 4 is 29.4 Å². The highest BCUT2D eigenvalue weighted by molar-refractivity contribution is 6.17. The van der Waals surface area contributed by atoms with E-state index in [4.69, 9.17) is 11.6 Å². The highest BCUT2D eigenvalue weighted by Crippen LogP contribution is 2.09. The van der Waals surface area contributed by atoms with Crippen molar-refractivity contribution in [3.63, 3.8) is 0 Å². The minimum atomic E-state index is -0.920. The Morgan fingerprint density at radius 3 is 2.55 bits per heavy atom. The van der Waals surface area contributed by atoms with Gasteiger partial charge in [0.2, 0.25) is 0 Å². The Hall–Kier alpha value is -2.08. The van der Waals surface area contributed by atoms with Crippen LogP contribution in [0.25, 0.3) is 0 Å². The van der Waals surface area contributed by atoms with E-state index in [0.717, 1.165) is 5.56 Å². The van der Waals surface area contributed by atoms with Crippen molar-refractivity contribution in [3.05, 3.63) is 35.4 Å². The predicted molar refractivity (Wildman–Crippen MR) is 80.5 cm³/mol. The molecule has 0 saturated heterocycles. The number of alkyl halides is 1. The molecule has 0 heterocycles. The van der Waals surface area contributed by atoms with Gasteiger partial charge in [0.25, 0.3) is 5.91 Å². The summed E-state index contributed by atoms with van der Waals surface area (Å²) in [6.07, 6.45) is 0.0958. The van der Waals surface area contributed by atoms with Crippen LogP contribution < -0.4 is 5.32 Å². The molecule has 0 aliphatic rings. The molecule has 0 saturated carbocycles. The second-order valence-corrected chi connectivity index (χ2v) is 4.77. The van der Waals surface area contributed by atoms with E-state index in [1.165, 1.54) is 14.2 Å². The van der Waals surface area contributed by atoms with Crippen molar-refractivity contribution in [1.82, 2.24) is 5.32 Å². The quantitative estimate of drug-likeness (QED) is 0.608. The Balaban J connectivity index is 2.77. The van der Waals surface area contributed by atoms with Crippen molar-refractivity contribution in [1.29, 1.82) is 0 Å². The number of hydrogen-bond donors (Lipinski definition) is 1. The number of esters is 2. The van der Waals surface area contributed by atoms with Gasteiger partial charge in [0, 0.05) is 17.9 Å². The number of amides is 1. The molecule has 120 valence electrons. The van der Waals surface area contributed by atoms with E-state index in [2.05, 4.69) is 14.8 Å². The summed E-state index contributed by atoms with van der Waals surface area (Å²) >= 11 is 5.73. The minimum Gasteiger partial charge on any atom is -0.469 e. The van der Waals surface area contributed by atoms with Crippen LogP contribution in [0.15, 0.2) is 24.3 Å². The van der Waals surface area contributed by atoms with Gasteiger partial charge in [-0.1, -0.05) is 12.1 Å². The Morgan fingerprint density at radius 2 is 1.95 bits per heavy atom. The van der Waals surface area contributed by atoms with Gasteiger partial charge in [-0.15, -0.1) is 11.6 Å². The van der Waals surface area contributed by atoms with Gasteiger partial charge in [-0.2, -0.15) is 0 Å². The van der Waals surface area contributed by atoms with E-state index < -0.39 is 23.9 Å². The van der Waals surface area contributed by atoms with E-state index in [1.807, 2.05) is 0 Å². The summed E-state index contributed by atoms with van der Waals surface area (Å²) in [4.78, 5) is 35.0. The molecule has 7 heteroatoms. The lowest BCUT2D eigenvalue weighted by atomic mass is 10.1. The van der Waals surface area contributed by atoms with Gasteiger partial charge in [0.1, 0.15) is 6.04 Å². The van der Waals surface area contributed by atoms with Gasteiger partial charge in [-0.25, -0.2) is 4.79 Å². The number of carbonyl (C=O) groups is 3. The first-order valence-electron chi connectivity index (χ1n) is 6.62. The van der Waals surface area contributed by atoms with Crippen LogP contribution in [0.5, 0.6) is 0 Å². The van der Waals surface area contributed by atoms with Crippen molar-refractivity contribution in [2.45, 2.75) is 24.8 Å². The van der Waals surface area contributed by atoms with Crippen molar-refractivity contribution in [2.24, 2.45) is 0 Å². The van der Waals surface area contributed by atoms with E-state index in [9.17, 15) is 14.4 Å². The molecule has 0 aliphatic heterocycles. The van der Waals surface area contributed by atoms with Crippen LogP contribution in [0, 0.1) is 0 Å². The third-order valence-electron chi connectivity index (χ3n) is 3.00. The van der Waals surface area contributed by atoms with Crippen molar-refractivity contribution < 1.29 is 23.9 Å². The van der Waals surface area contributed by atoms with Crippen LogP contribution in [-0.2, 0) is 24.9 Å². The number of halogens is 1. The van der Waals surface area contributed by atoms with Gasteiger partial charge >= 0.3 is 11.9 Å². The molecule has 0 bridgehead atoms. The predicted octanol–water partition coefficient (Wildman–Crippen LogP) is 1.65. The maximum absolute atomic E-state index is 12.2. The topological polar surface area (TPSA) is 81.7 Å². The number of methoxy groups -OCH3 is 2. The zero-order valence-corrected chi connectivity index (χ0v) is 13.2. The molecular formula is C15H18ClNO5. The normalized spacial score (nSPS) is 11.4. The van der Waals surface area contributed by atoms with Gasteiger partial charge < -0.3 is 14.8 Å². The third kappa shape index (κ3) is 5.37. The summed E-state index contributed by atoms with van der Waals surface area (Å²) in [5.74, 6) is -1.24.